The number of carbonyl (C=O) groups is 1. The van der Waals surface area contributed by atoms with Crippen molar-refractivity contribution in [2.75, 3.05) is 26.3 Å². The highest BCUT2D eigenvalue weighted by Crippen LogP contribution is 2.43. The summed E-state index contributed by atoms with van der Waals surface area (Å²) in [5, 5.41) is 10.7. The van der Waals surface area contributed by atoms with Gasteiger partial charge in [-0.25, -0.2) is 4.79 Å². The van der Waals surface area contributed by atoms with Crippen molar-refractivity contribution in [3.63, 3.8) is 0 Å². The molecule has 1 fully saturated rings. The maximum atomic E-state index is 12.5. The molecule has 190 valence electrons. The minimum atomic E-state index is -0.924. The van der Waals surface area contributed by atoms with Crippen LogP contribution in [0.15, 0.2) is 66.2 Å². The van der Waals surface area contributed by atoms with Gasteiger partial charge in [-0.3, -0.25) is 9.29 Å². The van der Waals surface area contributed by atoms with Gasteiger partial charge in [0, 0.05) is 29.7 Å². The molecule has 0 saturated carbocycles. The number of benzene rings is 3. The molecule has 0 amide bonds. The number of likely N-dealkylation sites (tertiary alicyclic amines) is 1. The topological polar surface area (TPSA) is 40.5 Å². The number of carboxylic acids is 1. The second-order valence-electron chi connectivity index (χ2n) is 9.65. The first kappa shape index (κ1) is 25.7. The van der Waals surface area contributed by atoms with Gasteiger partial charge >= 0.3 is 5.97 Å². The number of rotatable bonds is 7. The molecule has 0 unspecified atom stereocenters. The van der Waals surface area contributed by atoms with Crippen molar-refractivity contribution in [3.05, 3.63) is 110 Å². The van der Waals surface area contributed by atoms with Crippen molar-refractivity contribution in [3.8, 4) is 0 Å². The van der Waals surface area contributed by atoms with Gasteiger partial charge < -0.3 is 5.11 Å². The molecular formula is C31H28Cl2FNO2. The highest BCUT2D eigenvalue weighted by Gasteiger charge is 2.24. The van der Waals surface area contributed by atoms with E-state index in [1.54, 1.807) is 18.2 Å². The molecule has 37 heavy (non-hydrogen) atoms. The largest absolute Gasteiger partial charge is 0.478 e. The zero-order valence-electron chi connectivity index (χ0n) is 20.4. The van der Waals surface area contributed by atoms with E-state index >= 15 is 0 Å². The average molecular weight is 536 g/mol. The van der Waals surface area contributed by atoms with Gasteiger partial charge in [0.05, 0.1) is 12.2 Å². The normalized spacial score (nSPS) is 16.9. The SMILES string of the molecule is O=C(O)c1ccc2c(c1)CCC(c1ccc(Cl)cc1Cl)=C2c1ccc(C=C2CCN(CCCF)C2)cc1. The van der Waals surface area contributed by atoms with E-state index in [9.17, 15) is 14.3 Å². The lowest BCUT2D eigenvalue weighted by Gasteiger charge is -2.25. The van der Waals surface area contributed by atoms with Gasteiger partial charge in [-0.15, -0.1) is 0 Å². The van der Waals surface area contributed by atoms with Crippen molar-refractivity contribution in [1.29, 1.82) is 0 Å². The maximum Gasteiger partial charge on any atom is 0.335 e. The van der Waals surface area contributed by atoms with Crippen LogP contribution in [-0.4, -0.2) is 42.3 Å². The first-order valence-corrected chi connectivity index (χ1v) is 13.3. The third-order valence-electron chi connectivity index (χ3n) is 7.18. The highest BCUT2D eigenvalue weighted by molar-refractivity contribution is 6.36. The Morgan fingerprint density at radius 2 is 1.76 bits per heavy atom. The summed E-state index contributed by atoms with van der Waals surface area (Å²) < 4.78 is 12.5. The fourth-order valence-corrected chi connectivity index (χ4v) is 5.90. The fraction of sp³-hybridized carbons (Fsp3) is 0.258. The van der Waals surface area contributed by atoms with Crippen LogP contribution >= 0.6 is 23.2 Å². The minimum Gasteiger partial charge on any atom is -0.478 e. The summed E-state index contributed by atoms with van der Waals surface area (Å²) in [7, 11) is 0. The van der Waals surface area contributed by atoms with Gasteiger partial charge in [-0.1, -0.05) is 71.2 Å². The summed E-state index contributed by atoms with van der Waals surface area (Å²) >= 11 is 12.8. The summed E-state index contributed by atoms with van der Waals surface area (Å²) in [6.45, 7) is 2.42. The Kier molecular flexibility index (Phi) is 7.80. The van der Waals surface area contributed by atoms with Crippen molar-refractivity contribution in [2.24, 2.45) is 0 Å². The number of alkyl halides is 1. The van der Waals surface area contributed by atoms with Gasteiger partial charge in [-0.2, -0.15) is 0 Å². The molecule has 6 heteroatoms. The summed E-state index contributed by atoms with van der Waals surface area (Å²) in [4.78, 5) is 13.9. The van der Waals surface area contributed by atoms with E-state index in [1.807, 2.05) is 18.2 Å². The van der Waals surface area contributed by atoms with Crippen molar-refractivity contribution in [1.82, 2.24) is 4.90 Å². The lowest BCUT2D eigenvalue weighted by Crippen LogP contribution is -2.20. The number of allylic oxidation sites excluding steroid dienone is 1. The summed E-state index contributed by atoms with van der Waals surface area (Å²) in [5.74, 6) is -0.924. The van der Waals surface area contributed by atoms with Crippen molar-refractivity contribution >= 4 is 46.4 Å². The third-order valence-corrected chi connectivity index (χ3v) is 7.73. The number of carboxylic acid groups (broad SMARTS) is 1. The van der Waals surface area contributed by atoms with Gasteiger partial charge in [0.2, 0.25) is 0 Å². The number of halogens is 3. The molecule has 1 aliphatic heterocycles. The molecule has 1 N–H and O–H groups in total. The fourth-order valence-electron chi connectivity index (χ4n) is 5.38. The maximum absolute atomic E-state index is 12.5. The van der Waals surface area contributed by atoms with Crippen LogP contribution in [0.4, 0.5) is 4.39 Å². The second-order valence-corrected chi connectivity index (χ2v) is 10.5. The lowest BCUT2D eigenvalue weighted by molar-refractivity contribution is 0.0696. The van der Waals surface area contributed by atoms with Crippen LogP contribution in [0.3, 0.4) is 0 Å². The molecule has 1 aliphatic carbocycles. The number of hydrogen-bond acceptors (Lipinski definition) is 2. The van der Waals surface area contributed by atoms with Crippen molar-refractivity contribution < 1.29 is 14.3 Å². The van der Waals surface area contributed by atoms with E-state index < -0.39 is 5.97 Å². The molecule has 0 aromatic heterocycles. The molecule has 0 bridgehead atoms. The highest BCUT2D eigenvalue weighted by atomic mass is 35.5. The molecule has 1 saturated heterocycles. The Hall–Kier alpha value is -2.92. The Morgan fingerprint density at radius 1 is 0.973 bits per heavy atom. The van der Waals surface area contributed by atoms with E-state index in [1.165, 1.54) is 5.57 Å². The smallest absolute Gasteiger partial charge is 0.335 e. The van der Waals surface area contributed by atoms with Crippen LogP contribution in [0.1, 0.15) is 57.4 Å². The quantitative estimate of drug-likeness (QED) is 0.332. The Bertz CT molecular complexity index is 1390. The van der Waals surface area contributed by atoms with E-state index in [0.29, 0.717) is 22.0 Å². The van der Waals surface area contributed by atoms with Gasteiger partial charge in [-0.05, 0) is 88.9 Å². The third kappa shape index (κ3) is 5.67. The molecule has 3 aromatic rings. The summed E-state index contributed by atoms with van der Waals surface area (Å²) in [6.07, 6.45) is 5.31. The van der Waals surface area contributed by atoms with Gasteiger partial charge in [0.25, 0.3) is 0 Å². The lowest BCUT2D eigenvalue weighted by atomic mass is 9.79. The first-order chi connectivity index (χ1) is 17.9. The van der Waals surface area contributed by atoms with Crippen LogP contribution in [0.5, 0.6) is 0 Å². The van der Waals surface area contributed by atoms with Crippen LogP contribution in [-0.2, 0) is 6.42 Å². The van der Waals surface area contributed by atoms with Gasteiger partial charge in [0.1, 0.15) is 0 Å². The second kappa shape index (κ2) is 11.2. The van der Waals surface area contributed by atoms with Crippen LogP contribution in [0, 0.1) is 0 Å². The standard InChI is InChI=1S/C31H28Cl2FNO2/c32-25-8-11-27(29(33)18-25)28-10-6-23-17-24(31(36)37)7-9-26(23)30(28)22-4-2-20(3-5-22)16-21-12-15-35(19-21)14-1-13-34/h2-5,7-9,11,16-18H,1,6,10,12-15,19H2,(H,36,37). The molecule has 2 aliphatic rings. The number of hydrogen-bond donors (Lipinski definition) is 1. The molecule has 5 rings (SSSR count). The average Bonchev–Trinajstić information content (AvgIpc) is 3.34. The van der Waals surface area contributed by atoms with E-state index in [0.717, 1.165) is 77.9 Å². The summed E-state index contributed by atoms with van der Waals surface area (Å²) in [6, 6.07) is 19.4. The molecule has 0 atom stereocenters. The molecule has 0 radical (unpaired) electrons. The predicted octanol–water partition coefficient (Wildman–Crippen LogP) is 8.05. The monoisotopic (exact) mass is 535 g/mol. The minimum absolute atomic E-state index is 0.267. The van der Waals surface area contributed by atoms with Crippen LogP contribution in [0.2, 0.25) is 10.0 Å². The Morgan fingerprint density at radius 3 is 2.49 bits per heavy atom. The number of fused-ring (bicyclic) bond motifs is 1. The molecule has 3 nitrogen and oxygen atoms in total. The predicted molar refractivity (Wildman–Crippen MR) is 150 cm³/mol. The molecule has 0 spiro atoms. The van der Waals surface area contributed by atoms with E-state index in [4.69, 9.17) is 23.2 Å². The van der Waals surface area contributed by atoms with Crippen LogP contribution < -0.4 is 0 Å². The number of aromatic carboxylic acids is 1. The molecular weight excluding hydrogens is 508 g/mol. The Balaban J connectivity index is 1.53. The molecule has 1 heterocycles. The molecule has 3 aromatic carbocycles. The zero-order chi connectivity index (χ0) is 25.9. The number of nitrogens with zero attached hydrogens (tertiary/aromatic N) is 1. The first-order valence-electron chi connectivity index (χ1n) is 12.6. The van der Waals surface area contributed by atoms with E-state index in [2.05, 4.69) is 35.2 Å². The van der Waals surface area contributed by atoms with E-state index in [-0.39, 0.29) is 6.67 Å². The van der Waals surface area contributed by atoms with Crippen LogP contribution in [0.25, 0.3) is 17.2 Å². The number of aryl methyl sites for hydroxylation is 1. The van der Waals surface area contributed by atoms with Gasteiger partial charge in [0.15, 0.2) is 0 Å². The zero-order valence-corrected chi connectivity index (χ0v) is 22.0. The van der Waals surface area contributed by atoms with Crippen molar-refractivity contribution in [2.45, 2.75) is 25.7 Å². The Labute approximate surface area is 226 Å². The summed E-state index contributed by atoms with van der Waals surface area (Å²) in [5.41, 5.74) is 9.05.